The van der Waals surface area contributed by atoms with Gasteiger partial charge in [0.15, 0.2) is 5.79 Å². The maximum Gasteiger partial charge on any atom is 0.168 e. The lowest BCUT2D eigenvalue weighted by molar-refractivity contribution is -0.319. The molecule has 4 atom stereocenters. The minimum atomic E-state index is -0.390. The van der Waals surface area contributed by atoms with E-state index in [1.807, 2.05) is 0 Å². The van der Waals surface area contributed by atoms with Gasteiger partial charge in [0.1, 0.15) is 0 Å². The number of rotatable bonds is 3. The third kappa shape index (κ3) is 2.88. The summed E-state index contributed by atoms with van der Waals surface area (Å²) in [6.45, 7) is 7.32. The van der Waals surface area contributed by atoms with Crippen LogP contribution in [0.15, 0.2) is 11.0 Å². The molecule has 17 heavy (non-hydrogen) atoms. The fraction of sp³-hybridized carbons (Fsp3) is 0.857. The number of hydrogen-bond acceptors (Lipinski definition) is 3. The quantitative estimate of drug-likeness (QED) is 0.775. The Kier molecular flexibility index (Phi) is 4.22. The first-order valence-electron chi connectivity index (χ1n) is 6.76. The van der Waals surface area contributed by atoms with E-state index < -0.39 is 0 Å². The van der Waals surface area contributed by atoms with Crippen LogP contribution in [0.1, 0.15) is 46.5 Å². The van der Waals surface area contributed by atoms with Crippen LogP contribution in [-0.2, 0) is 9.47 Å². The smallest absolute Gasteiger partial charge is 0.168 e. The van der Waals surface area contributed by atoms with Gasteiger partial charge in [-0.05, 0) is 31.1 Å². The zero-order chi connectivity index (χ0) is 12.5. The third-order valence-corrected chi connectivity index (χ3v) is 4.51. The van der Waals surface area contributed by atoms with Gasteiger partial charge in [0, 0.05) is 11.8 Å². The molecule has 1 fully saturated rings. The average Bonchev–Trinajstić information content (AvgIpc) is 2.30. The van der Waals surface area contributed by atoms with Crippen LogP contribution in [0.25, 0.3) is 0 Å². The van der Waals surface area contributed by atoms with Crippen molar-refractivity contribution in [1.82, 2.24) is 0 Å². The number of allylic oxidation sites excluding steroid dienone is 1. The van der Waals surface area contributed by atoms with E-state index in [0.717, 1.165) is 25.9 Å². The normalized spacial score (nSPS) is 39.4. The van der Waals surface area contributed by atoms with E-state index >= 15 is 0 Å². The zero-order valence-corrected chi connectivity index (χ0v) is 12.0. The molecule has 0 aromatic rings. The minimum absolute atomic E-state index is 0.323. The van der Waals surface area contributed by atoms with Gasteiger partial charge in [-0.15, -0.1) is 12.6 Å². The zero-order valence-electron chi connectivity index (χ0n) is 11.1. The van der Waals surface area contributed by atoms with E-state index in [-0.39, 0.29) is 5.79 Å². The second-order valence-corrected chi connectivity index (χ2v) is 6.11. The Bertz CT molecular complexity index is 303. The molecule has 0 aromatic heterocycles. The fourth-order valence-electron chi connectivity index (χ4n) is 2.79. The number of ether oxygens (including phenoxy) is 2. The number of fused-ring (bicyclic) bond motifs is 1. The number of hydrogen-bond donors (Lipinski definition) is 1. The van der Waals surface area contributed by atoms with Gasteiger partial charge in [-0.1, -0.05) is 26.3 Å². The van der Waals surface area contributed by atoms with Crippen molar-refractivity contribution < 1.29 is 9.47 Å². The first-order chi connectivity index (χ1) is 8.05. The second kappa shape index (κ2) is 5.33. The van der Waals surface area contributed by atoms with Crippen molar-refractivity contribution in [2.45, 2.75) is 58.3 Å². The summed E-state index contributed by atoms with van der Waals surface area (Å²) >= 11 is 4.45. The molecular weight excluding hydrogens is 232 g/mol. The first kappa shape index (κ1) is 13.4. The molecular formula is C14H24O2S. The third-order valence-electron chi connectivity index (χ3n) is 4.13. The lowest BCUT2D eigenvalue weighted by atomic mass is 9.89. The van der Waals surface area contributed by atoms with Gasteiger partial charge < -0.3 is 9.47 Å². The molecule has 0 saturated carbocycles. The Morgan fingerprint density at radius 2 is 2.35 bits per heavy atom. The Balaban J connectivity index is 2.03. The summed E-state index contributed by atoms with van der Waals surface area (Å²) in [5, 5.41) is 0. The van der Waals surface area contributed by atoms with Crippen LogP contribution in [0.3, 0.4) is 0 Å². The molecule has 2 rings (SSSR count). The largest absolute Gasteiger partial charge is 0.349 e. The molecule has 0 amide bonds. The minimum Gasteiger partial charge on any atom is -0.349 e. The van der Waals surface area contributed by atoms with Crippen LogP contribution in [0, 0.1) is 11.8 Å². The molecule has 0 spiro atoms. The summed E-state index contributed by atoms with van der Waals surface area (Å²) in [7, 11) is 0. The Morgan fingerprint density at radius 1 is 1.59 bits per heavy atom. The molecule has 0 N–H and O–H groups in total. The monoisotopic (exact) mass is 256 g/mol. The fourth-order valence-corrected chi connectivity index (χ4v) is 3.11. The highest BCUT2D eigenvalue weighted by atomic mass is 32.1. The van der Waals surface area contributed by atoms with Crippen LogP contribution in [0.4, 0.5) is 0 Å². The molecule has 1 heterocycles. The van der Waals surface area contributed by atoms with Crippen molar-refractivity contribution in [3.63, 3.8) is 0 Å². The average molecular weight is 256 g/mol. The van der Waals surface area contributed by atoms with Crippen LogP contribution >= 0.6 is 12.6 Å². The molecule has 0 aromatic carbocycles. The molecule has 2 nitrogen and oxygen atoms in total. The van der Waals surface area contributed by atoms with Crippen molar-refractivity contribution in [2.24, 2.45) is 11.8 Å². The van der Waals surface area contributed by atoms with E-state index in [1.165, 1.54) is 11.3 Å². The summed E-state index contributed by atoms with van der Waals surface area (Å²) in [5.41, 5.74) is 0. The van der Waals surface area contributed by atoms with E-state index in [4.69, 9.17) is 9.47 Å². The summed E-state index contributed by atoms with van der Waals surface area (Å²) in [5.74, 6) is 0.465. The van der Waals surface area contributed by atoms with Crippen molar-refractivity contribution in [1.29, 1.82) is 0 Å². The summed E-state index contributed by atoms with van der Waals surface area (Å²) < 4.78 is 12.2. The molecule has 2 aliphatic rings. The maximum absolute atomic E-state index is 6.24. The SMILES string of the molecule is CCCC(C)[C@@]1(C)OCC2C=C(S)CC[C@H]2O1. The molecule has 1 aliphatic carbocycles. The van der Waals surface area contributed by atoms with Crippen molar-refractivity contribution in [3.8, 4) is 0 Å². The predicted octanol–water partition coefficient (Wildman–Crippen LogP) is 3.78. The summed E-state index contributed by atoms with van der Waals surface area (Å²) in [4.78, 5) is 1.18. The highest BCUT2D eigenvalue weighted by molar-refractivity contribution is 7.84. The molecule has 1 aliphatic heterocycles. The van der Waals surface area contributed by atoms with Gasteiger partial charge in [-0.25, -0.2) is 0 Å². The molecule has 2 unspecified atom stereocenters. The van der Waals surface area contributed by atoms with E-state index in [1.54, 1.807) is 0 Å². The van der Waals surface area contributed by atoms with Gasteiger partial charge in [-0.3, -0.25) is 0 Å². The van der Waals surface area contributed by atoms with Crippen molar-refractivity contribution in [3.05, 3.63) is 11.0 Å². The first-order valence-corrected chi connectivity index (χ1v) is 7.21. The van der Waals surface area contributed by atoms with Crippen molar-refractivity contribution >= 4 is 12.6 Å². The lowest BCUT2D eigenvalue weighted by Crippen LogP contribution is -2.51. The van der Waals surface area contributed by atoms with E-state index in [2.05, 4.69) is 39.5 Å². The van der Waals surface area contributed by atoms with Crippen LogP contribution in [-0.4, -0.2) is 18.5 Å². The topological polar surface area (TPSA) is 18.5 Å². The summed E-state index contributed by atoms with van der Waals surface area (Å²) in [6.07, 6.45) is 6.99. The molecule has 0 bridgehead atoms. The van der Waals surface area contributed by atoms with Gasteiger partial charge in [0.2, 0.25) is 0 Å². The standard InChI is InChI=1S/C14H24O2S/c1-4-5-10(2)14(3)15-9-11-8-12(17)6-7-13(11)16-14/h8,10-11,13,17H,4-7,9H2,1-3H3/t10?,11?,13-,14+/m1/s1. The van der Waals surface area contributed by atoms with Gasteiger partial charge >= 0.3 is 0 Å². The Labute approximate surface area is 110 Å². The highest BCUT2D eigenvalue weighted by Crippen LogP contribution is 2.39. The molecule has 1 saturated heterocycles. The van der Waals surface area contributed by atoms with Crippen LogP contribution in [0.5, 0.6) is 0 Å². The molecule has 98 valence electrons. The van der Waals surface area contributed by atoms with Crippen LogP contribution in [0.2, 0.25) is 0 Å². The molecule has 0 radical (unpaired) electrons. The van der Waals surface area contributed by atoms with Gasteiger partial charge in [0.25, 0.3) is 0 Å². The lowest BCUT2D eigenvalue weighted by Gasteiger charge is -2.46. The van der Waals surface area contributed by atoms with Crippen molar-refractivity contribution in [2.75, 3.05) is 6.61 Å². The van der Waals surface area contributed by atoms with Gasteiger partial charge in [-0.2, -0.15) is 0 Å². The second-order valence-electron chi connectivity index (χ2n) is 5.53. The van der Waals surface area contributed by atoms with Crippen LogP contribution < -0.4 is 0 Å². The van der Waals surface area contributed by atoms with E-state index in [0.29, 0.717) is 17.9 Å². The maximum atomic E-state index is 6.24. The van der Waals surface area contributed by atoms with Gasteiger partial charge in [0.05, 0.1) is 12.7 Å². The Morgan fingerprint density at radius 3 is 3.06 bits per heavy atom. The summed E-state index contributed by atoms with van der Waals surface area (Å²) in [6, 6.07) is 0. The Hall–Kier alpha value is 0.01000. The predicted molar refractivity (Wildman–Crippen MR) is 73.1 cm³/mol. The number of thiol groups is 1. The highest BCUT2D eigenvalue weighted by Gasteiger charge is 2.42. The van der Waals surface area contributed by atoms with E-state index in [9.17, 15) is 0 Å². The molecule has 3 heteroatoms.